The van der Waals surface area contributed by atoms with E-state index in [1.165, 1.54) is 103 Å². The molecule has 0 bridgehead atoms. The van der Waals surface area contributed by atoms with Crippen LogP contribution in [0.15, 0.2) is 72.9 Å². The summed E-state index contributed by atoms with van der Waals surface area (Å²) in [6.07, 6.45) is 48.1. The van der Waals surface area contributed by atoms with Gasteiger partial charge in [-0.2, -0.15) is 0 Å². The summed E-state index contributed by atoms with van der Waals surface area (Å²) < 4.78 is 17.5. The SMILES string of the molecule is CCCCC/C=C\C/C=C\C/C=C\C/C=C\CCCC(=O)OC1C(OCC(NC(=O)C(O)CCCC/C=C\CCCCCCCC)C(O)/C=C/CCCCCCCCCCCC)OC(CO)C(O)C1O. The number of aliphatic hydroxyl groups excluding tert-OH is 5. The first-order chi connectivity index (χ1) is 34.2. The van der Waals surface area contributed by atoms with E-state index in [0.29, 0.717) is 19.3 Å². The van der Waals surface area contributed by atoms with Gasteiger partial charge in [-0.1, -0.05) is 203 Å². The maximum absolute atomic E-state index is 13.3. The molecule has 11 heteroatoms. The van der Waals surface area contributed by atoms with Crippen LogP contribution in [0.4, 0.5) is 0 Å². The minimum absolute atomic E-state index is 0.0437. The summed E-state index contributed by atoms with van der Waals surface area (Å²) in [6.45, 7) is 5.68. The van der Waals surface area contributed by atoms with Gasteiger partial charge in [0.2, 0.25) is 5.91 Å². The molecule has 6 N–H and O–H groups in total. The molecule has 70 heavy (non-hydrogen) atoms. The smallest absolute Gasteiger partial charge is 0.306 e. The van der Waals surface area contributed by atoms with Gasteiger partial charge in [-0.05, 0) is 89.9 Å². The Morgan fingerprint density at radius 3 is 1.51 bits per heavy atom. The molecule has 1 aliphatic heterocycles. The highest BCUT2D eigenvalue weighted by atomic mass is 16.7. The maximum atomic E-state index is 13.3. The number of allylic oxidation sites excluding steroid dienone is 11. The van der Waals surface area contributed by atoms with E-state index in [0.717, 1.165) is 70.6 Å². The van der Waals surface area contributed by atoms with Gasteiger partial charge in [0.25, 0.3) is 0 Å². The second-order valence-electron chi connectivity index (χ2n) is 19.3. The van der Waals surface area contributed by atoms with Crippen molar-refractivity contribution in [1.82, 2.24) is 5.32 Å². The van der Waals surface area contributed by atoms with E-state index in [2.05, 4.69) is 74.7 Å². The average Bonchev–Trinajstić information content (AvgIpc) is 3.36. The molecule has 0 aromatic carbocycles. The Bertz CT molecular complexity index is 1410. The quantitative estimate of drug-likeness (QED) is 0.0196. The summed E-state index contributed by atoms with van der Waals surface area (Å²) in [5.74, 6) is -1.28. The van der Waals surface area contributed by atoms with Crippen LogP contribution >= 0.6 is 0 Å². The van der Waals surface area contributed by atoms with Crippen LogP contribution in [-0.2, 0) is 23.8 Å². The molecule has 11 nitrogen and oxygen atoms in total. The van der Waals surface area contributed by atoms with Gasteiger partial charge >= 0.3 is 5.97 Å². The molecule has 1 heterocycles. The van der Waals surface area contributed by atoms with E-state index in [9.17, 15) is 35.1 Å². The van der Waals surface area contributed by atoms with E-state index in [1.54, 1.807) is 6.08 Å². The Morgan fingerprint density at radius 1 is 0.557 bits per heavy atom. The van der Waals surface area contributed by atoms with Crippen LogP contribution in [0.2, 0.25) is 0 Å². The number of hydrogen-bond donors (Lipinski definition) is 6. The number of amides is 1. The van der Waals surface area contributed by atoms with Crippen LogP contribution in [0.3, 0.4) is 0 Å². The summed E-state index contributed by atoms with van der Waals surface area (Å²) in [6, 6.07) is -1.04. The second kappa shape index (κ2) is 47.1. The molecule has 0 spiro atoms. The predicted octanol–water partition coefficient (Wildman–Crippen LogP) is 12.4. The van der Waals surface area contributed by atoms with Crippen molar-refractivity contribution in [2.24, 2.45) is 0 Å². The number of hydrogen-bond acceptors (Lipinski definition) is 10. The fraction of sp³-hybridized carbons (Fsp3) is 0.763. The van der Waals surface area contributed by atoms with Crippen molar-refractivity contribution in [3.8, 4) is 0 Å². The van der Waals surface area contributed by atoms with Crippen LogP contribution < -0.4 is 5.32 Å². The van der Waals surface area contributed by atoms with Crippen molar-refractivity contribution in [3.05, 3.63) is 72.9 Å². The molecule has 1 saturated heterocycles. The third-order valence-corrected chi connectivity index (χ3v) is 12.8. The van der Waals surface area contributed by atoms with Crippen molar-refractivity contribution in [2.75, 3.05) is 13.2 Å². The van der Waals surface area contributed by atoms with Crippen molar-refractivity contribution in [3.63, 3.8) is 0 Å². The summed E-state index contributed by atoms with van der Waals surface area (Å²) in [5, 5.41) is 56.7. The van der Waals surface area contributed by atoms with E-state index >= 15 is 0 Å². The van der Waals surface area contributed by atoms with Gasteiger partial charge in [-0.15, -0.1) is 0 Å². The molecule has 1 fully saturated rings. The topological polar surface area (TPSA) is 175 Å². The molecule has 1 aliphatic rings. The lowest BCUT2D eigenvalue weighted by molar-refractivity contribution is -0.305. The molecule has 8 unspecified atom stereocenters. The lowest BCUT2D eigenvalue weighted by Crippen LogP contribution is -2.61. The third-order valence-electron chi connectivity index (χ3n) is 12.8. The lowest BCUT2D eigenvalue weighted by atomic mass is 9.99. The highest BCUT2D eigenvalue weighted by Gasteiger charge is 2.47. The monoisotopic (exact) mass is 986 g/mol. The summed E-state index contributed by atoms with van der Waals surface area (Å²) in [5.41, 5.74) is 0. The highest BCUT2D eigenvalue weighted by molar-refractivity contribution is 5.80. The minimum atomic E-state index is -1.64. The molecular weight excluding hydrogens is 883 g/mol. The number of nitrogens with one attached hydrogen (secondary N) is 1. The molecule has 0 aliphatic carbocycles. The Balaban J connectivity index is 2.79. The van der Waals surface area contributed by atoms with Gasteiger partial charge in [0.15, 0.2) is 12.4 Å². The fourth-order valence-electron chi connectivity index (χ4n) is 8.28. The number of aliphatic hydroxyl groups is 5. The largest absolute Gasteiger partial charge is 0.454 e. The first-order valence-electron chi connectivity index (χ1n) is 28.2. The van der Waals surface area contributed by atoms with E-state index in [4.69, 9.17) is 14.2 Å². The third kappa shape index (κ3) is 35.3. The van der Waals surface area contributed by atoms with Crippen LogP contribution in [0, 0.1) is 0 Å². The molecular formula is C59H103NO10. The number of esters is 1. The number of ether oxygens (including phenoxy) is 3. The standard InChI is InChI=1S/C59H103NO10/c1-4-7-10-13-16-19-22-25-26-27-28-29-32-35-38-41-44-47-54(64)70-57-56(66)55(65)53(48-61)69-59(57)68-49-50(51(62)45-42-39-36-33-30-23-20-17-14-11-8-5-2)60-58(67)52(63)46-43-40-37-34-31-24-21-18-15-12-9-6-3/h16,19,25-26,28-29,31,34-35,38,42,45,50-53,55-57,59,61-63,65-66H,4-15,17-18,20-24,27,30,32-33,36-37,39-41,43-44,46-49H2,1-3H3,(H,60,67)/b19-16-,26-25-,29-28-,34-31-,38-35-,45-42+. The number of carbonyl (C=O) groups is 2. The van der Waals surface area contributed by atoms with Crippen LogP contribution in [0.25, 0.3) is 0 Å². The molecule has 0 aromatic rings. The average molecular weight is 986 g/mol. The van der Waals surface area contributed by atoms with Crippen molar-refractivity contribution < 1.29 is 49.3 Å². The van der Waals surface area contributed by atoms with E-state index in [-0.39, 0.29) is 19.4 Å². The summed E-state index contributed by atoms with van der Waals surface area (Å²) in [4.78, 5) is 26.4. The zero-order valence-electron chi connectivity index (χ0n) is 44.4. The van der Waals surface area contributed by atoms with E-state index in [1.807, 2.05) is 18.2 Å². The van der Waals surface area contributed by atoms with Crippen molar-refractivity contribution in [2.45, 2.75) is 275 Å². The minimum Gasteiger partial charge on any atom is -0.454 e. The van der Waals surface area contributed by atoms with Gasteiger partial charge in [0.05, 0.1) is 25.4 Å². The number of carbonyl (C=O) groups excluding carboxylic acids is 2. The highest BCUT2D eigenvalue weighted by Crippen LogP contribution is 2.26. The first-order valence-corrected chi connectivity index (χ1v) is 28.2. The Kier molecular flexibility index (Phi) is 43.8. The molecule has 404 valence electrons. The normalized spacial score (nSPS) is 20.3. The predicted molar refractivity (Wildman–Crippen MR) is 287 cm³/mol. The fourth-order valence-corrected chi connectivity index (χ4v) is 8.28. The van der Waals surface area contributed by atoms with Gasteiger partial charge in [0.1, 0.15) is 24.4 Å². The molecule has 8 atom stereocenters. The van der Waals surface area contributed by atoms with Crippen LogP contribution in [0.1, 0.15) is 226 Å². The Morgan fingerprint density at radius 2 is 0.986 bits per heavy atom. The molecule has 0 radical (unpaired) electrons. The Labute approximate surface area is 426 Å². The van der Waals surface area contributed by atoms with Crippen LogP contribution in [0.5, 0.6) is 0 Å². The summed E-state index contributed by atoms with van der Waals surface area (Å²) in [7, 11) is 0. The molecule has 0 saturated carbocycles. The first kappa shape index (κ1) is 65.1. The lowest BCUT2D eigenvalue weighted by Gasteiger charge is -2.41. The van der Waals surface area contributed by atoms with Gasteiger partial charge < -0.3 is 45.1 Å². The number of unbranched alkanes of at least 4 members (excludes halogenated alkanes) is 22. The summed E-state index contributed by atoms with van der Waals surface area (Å²) >= 11 is 0. The number of rotatable bonds is 46. The second-order valence-corrected chi connectivity index (χ2v) is 19.3. The molecule has 1 rings (SSSR count). The molecule has 0 aromatic heterocycles. The molecule has 1 amide bonds. The van der Waals surface area contributed by atoms with Gasteiger partial charge in [0, 0.05) is 6.42 Å². The van der Waals surface area contributed by atoms with E-state index < -0.39 is 67.4 Å². The van der Waals surface area contributed by atoms with Crippen molar-refractivity contribution >= 4 is 11.9 Å². The van der Waals surface area contributed by atoms with Crippen LogP contribution in [-0.4, -0.2) is 99.6 Å². The van der Waals surface area contributed by atoms with Crippen molar-refractivity contribution in [1.29, 1.82) is 0 Å². The van der Waals surface area contributed by atoms with Gasteiger partial charge in [-0.25, -0.2) is 0 Å². The zero-order chi connectivity index (χ0) is 51.1. The zero-order valence-corrected chi connectivity index (χ0v) is 44.4. The Hall–Kier alpha value is -2.90. The van der Waals surface area contributed by atoms with Gasteiger partial charge in [-0.3, -0.25) is 9.59 Å². The maximum Gasteiger partial charge on any atom is 0.306 e.